The Morgan fingerprint density at radius 1 is 1.23 bits per heavy atom. The summed E-state index contributed by atoms with van der Waals surface area (Å²) in [4.78, 5) is 13.4. The molecule has 2 rings (SSSR count). The van der Waals surface area contributed by atoms with E-state index in [0.717, 1.165) is 21.8 Å². The quantitative estimate of drug-likeness (QED) is 0.771. The first-order chi connectivity index (χ1) is 10.5. The molecule has 1 atom stereocenters. The molecule has 0 saturated heterocycles. The van der Waals surface area contributed by atoms with Gasteiger partial charge in [0.05, 0.1) is 5.69 Å². The van der Waals surface area contributed by atoms with Crippen molar-refractivity contribution in [1.29, 1.82) is 0 Å². The van der Waals surface area contributed by atoms with E-state index in [1.54, 1.807) is 11.8 Å². The molecule has 0 saturated carbocycles. The zero-order valence-corrected chi connectivity index (χ0v) is 14.4. The first-order valence-corrected chi connectivity index (χ1v) is 8.58. The molecule has 0 aliphatic rings. The number of aryl methyl sites for hydroxylation is 1. The predicted molar refractivity (Wildman–Crippen MR) is 96.1 cm³/mol. The number of nitrogens with one attached hydrogen (secondary N) is 2. The molecule has 0 heterocycles. The van der Waals surface area contributed by atoms with E-state index in [4.69, 9.17) is 11.6 Å². The van der Waals surface area contributed by atoms with E-state index in [0.29, 0.717) is 5.02 Å². The Hall–Kier alpha value is -1.65. The van der Waals surface area contributed by atoms with Gasteiger partial charge in [-0.2, -0.15) is 0 Å². The molecule has 22 heavy (non-hydrogen) atoms. The van der Waals surface area contributed by atoms with Crippen molar-refractivity contribution in [3.63, 3.8) is 0 Å². The van der Waals surface area contributed by atoms with Gasteiger partial charge in [0.2, 0.25) is 5.91 Å². The van der Waals surface area contributed by atoms with Gasteiger partial charge in [-0.1, -0.05) is 29.8 Å². The standard InChI is InChI=1S/C17H19ClN2OS/c1-11-8-9-13(10-14(11)18)19-12(2)17(21)20-15-6-4-5-7-16(15)22-3/h4-10,12,19H,1-3H3,(H,20,21)/t12-/m1/s1. The van der Waals surface area contributed by atoms with E-state index in [2.05, 4.69) is 10.6 Å². The third kappa shape index (κ3) is 4.18. The molecule has 2 N–H and O–H groups in total. The molecule has 0 bridgehead atoms. The van der Waals surface area contributed by atoms with Crippen LogP contribution in [0.3, 0.4) is 0 Å². The minimum Gasteiger partial charge on any atom is -0.374 e. The number of halogens is 1. The van der Waals surface area contributed by atoms with Crippen LogP contribution in [0.1, 0.15) is 12.5 Å². The fourth-order valence-electron chi connectivity index (χ4n) is 1.99. The molecule has 0 unspecified atom stereocenters. The van der Waals surface area contributed by atoms with Gasteiger partial charge in [0, 0.05) is 15.6 Å². The summed E-state index contributed by atoms with van der Waals surface area (Å²) in [5.41, 5.74) is 2.67. The Bertz CT molecular complexity index is 675. The highest BCUT2D eigenvalue weighted by atomic mass is 35.5. The van der Waals surface area contributed by atoms with Gasteiger partial charge in [-0.05, 0) is 49.9 Å². The van der Waals surface area contributed by atoms with Crippen molar-refractivity contribution in [1.82, 2.24) is 0 Å². The van der Waals surface area contributed by atoms with Crippen LogP contribution in [0.2, 0.25) is 5.02 Å². The number of benzene rings is 2. The molecule has 5 heteroatoms. The fourth-order valence-corrected chi connectivity index (χ4v) is 2.72. The monoisotopic (exact) mass is 334 g/mol. The van der Waals surface area contributed by atoms with Gasteiger partial charge in [0.15, 0.2) is 0 Å². The lowest BCUT2D eigenvalue weighted by Crippen LogP contribution is -2.32. The number of para-hydroxylation sites is 1. The van der Waals surface area contributed by atoms with E-state index < -0.39 is 0 Å². The Morgan fingerprint density at radius 2 is 1.95 bits per heavy atom. The topological polar surface area (TPSA) is 41.1 Å². The SMILES string of the molecule is CSc1ccccc1NC(=O)[C@@H](C)Nc1ccc(C)c(Cl)c1. The van der Waals surface area contributed by atoms with Crippen molar-refractivity contribution >= 4 is 40.6 Å². The van der Waals surface area contributed by atoms with Gasteiger partial charge in [0.1, 0.15) is 6.04 Å². The molecular weight excluding hydrogens is 316 g/mol. The summed E-state index contributed by atoms with van der Waals surface area (Å²) in [7, 11) is 0. The summed E-state index contributed by atoms with van der Waals surface area (Å²) in [6.45, 7) is 3.77. The first-order valence-electron chi connectivity index (χ1n) is 6.98. The lowest BCUT2D eigenvalue weighted by atomic mass is 10.2. The second kappa shape index (κ2) is 7.56. The molecule has 0 fully saturated rings. The van der Waals surface area contributed by atoms with Crippen LogP contribution in [-0.2, 0) is 4.79 Å². The summed E-state index contributed by atoms with van der Waals surface area (Å²) in [6.07, 6.45) is 1.99. The van der Waals surface area contributed by atoms with Crippen LogP contribution in [0, 0.1) is 6.92 Å². The summed E-state index contributed by atoms with van der Waals surface area (Å²) in [5.74, 6) is -0.0850. The van der Waals surface area contributed by atoms with Crippen molar-refractivity contribution in [3.8, 4) is 0 Å². The van der Waals surface area contributed by atoms with Crippen molar-refractivity contribution < 1.29 is 4.79 Å². The highest BCUT2D eigenvalue weighted by Gasteiger charge is 2.14. The first kappa shape index (κ1) is 16.7. The highest BCUT2D eigenvalue weighted by molar-refractivity contribution is 7.98. The second-order valence-electron chi connectivity index (χ2n) is 5.02. The molecule has 2 aromatic rings. The van der Waals surface area contributed by atoms with E-state index in [-0.39, 0.29) is 11.9 Å². The Labute approximate surface area is 140 Å². The van der Waals surface area contributed by atoms with Crippen LogP contribution in [0.25, 0.3) is 0 Å². The van der Waals surface area contributed by atoms with Crippen LogP contribution < -0.4 is 10.6 Å². The summed E-state index contributed by atoms with van der Waals surface area (Å²) in [5, 5.41) is 6.80. The molecule has 0 spiro atoms. The van der Waals surface area contributed by atoms with E-state index in [1.165, 1.54) is 0 Å². The normalized spacial score (nSPS) is 11.8. The molecule has 0 aromatic heterocycles. The number of carbonyl (C=O) groups excluding carboxylic acids is 1. The lowest BCUT2D eigenvalue weighted by molar-refractivity contribution is -0.116. The van der Waals surface area contributed by atoms with Gasteiger partial charge in [0.25, 0.3) is 0 Å². The number of carbonyl (C=O) groups is 1. The third-order valence-electron chi connectivity index (χ3n) is 3.31. The number of rotatable bonds is 5. The molecule has 1 amide bonds. The fraction of sp³-hybridized carbons (Fsp3) is 0.235. The van der Waals surface area contributed by atoms with Crippen molar-refractivity contribution in [2.75, 3.05) is 16.9 Å². The molecular formula is C17H19ClN2OS. The number of amides is 1. The van der Waals surface area contributed by atoms with Crippen LogP contribution >= 0.6 is 23.4 Å². The molecule has 0 aliphatic carbocycles. The van der Waals surface area contributed by atoms with Gasteiger partial charge < -0.3 is 10.6 Å². The zero-order valence-electron chi connectivity index (χ0n) is 12.8. The Balaban J connectivity index is 2.04. The predicted octanol–water partition coefficient (Wildman–Crippen LogP) is 4.81. The van der Waals surface area contributed by atoms with E-state index in [1.807, 2.05) is 62.6 Å². The maximum atomic E-state index is 12.3. The maximum Gasteiger partial charge on any atom is 0.246 e. The van der Waals surface area contributed by atoms with E-state index in [9.17, 15) is 4.79 Å². The van der Waals surface area contributed by atoms with Crippen LogP contribution in [-0.4, -0.2) is 18.2 Å². The molecule has 0 radical (unpaired) electrons. The average molecular weight is 335 g/mol. The van der Waals surface area contributed by atoms with Crippen molar-refractivity contribution in [3.05, 3.63) is 53.1 Å². The van der Waals surface area contributed by atoms with Crippen molar-refractivity contribution in [2.24, 2.45) is 0 Å². The minimum atomic E-state index is -0.367. The molecule has 2 aromatic carbocycles. The minimum absolute atomic E-state index is 0.0850. The average Bonchev–Trinajstić information content (AvgIpc) is 2.51. The summed E-state index contributed by atoms with van der Waals surface area (Å²) < 4.78 is 0. The highest BCUT2D eigenvalue weighted by Crippen LogP contribution is 2.25. The summed E-state index contributed by atoms with van der Waals surface area (Å²) >= 11 is 7.71. The Kier molecular flexibility index (Phi) is 5.75. The smallest absolute Gasteiger partial charge is 0.246 e. The zero-order chi connectivity index (χ0) is 16.1. The van der Waals surface area contributed by atoms with Gasteiger partial charge >= 0.3 is 0 Å². The van der Waals surface area contributed by atoms with Gasteiger partial charge in [-0.15, -0.1) is 11.8 Å². The van der Waals surface area contributed by atoms with Crippen LogP contribution in [0.4, 0.5) is 11.4 Å². The number of thioether (sulfide) groups is 1. The van der Waals surface area contributed by atoms with Crippen LogP contribution in [0.15, 0.2) is 47.4 Å². The third-order valence-corrected chi connectivity index (χ3v) is 4.52. The van der Waals surface area contributed by atoms with Crippen LogP contribution in [0.5, 0.6) is 0 Å². The molecule has 0 aliphatic heterocycles. The number of hydrogen-bond donors (Lipinski definition) is 2. The lowest BCUT2D eigenvalue weighted by Gasteiger charge is -2.17. The second-order valence-corrected chi connectivity index (χ2v) is 6.27. The summed E-state index contributed by atoms with van der Waals surface area (Å²) in [6, 6.07) is 13.1. The Morgan fingerprint density at radius 3 is 2.64 bits per heavy atom. The van der Waals surface area contributed by atoms with Gasteiger partial charge in [-0.3, -0.25) is 4.79 Å². The maximum absolute atomic E-state index is 12.3. The largest absolute Gasteiger partial charge is 0.374 e. The number of hydrogen-bond acceptors (Lipinski definition) is 3. The van der Waals surface area contributed by atoms with Crippen molar-refractivity contribution in [2.45, 2.75) is 24.8 Å². The molecule has 3 nitrogen and oxygen atoms in total. The van der Waals surface area contributed by atoms with E-state index >= 15 is 0 Å². The van der Waals surface area contributed by atoms with Gasteiger partial charge in [-0.25, -0.2) is 0 Å². The number of anilines is 2. The molecule has 116 valence electrons.